The van der Waals surface area contributed by atoms with E-state index in [-0.39, 0.29) is 0 Å². The normalized spacial score (nSPS) is 14.7. The molecule has 0 atom stereocenters. The largest absolute Gasteiger partial charge is 0.497 e. The van der Waals surface area contributed by atoms with Crippen molar-refractivity contribution in [2.45, 2.75) is 13.3 Å². The maximum Gasteiger partial charge on any atom is 0.247 e. The summed E-state index contributed by atoms with van der Waals surface area (Å²) >= 11 is 0. The summed E-state index contributed by atoms with van der Waals surface area (Å²) < 4.78 is 16.8. The number of hydrogen-bond acceptors (Lipinski definition) is 7. The average Bonchev–Trinajstić information content (AvgIpc) is 3.24. The van der Waals surface area contributed by atoms with E-state index in [1.165, 1.54) is 5.69 Å². The van der Waals surface area contributed by atoms with Crippen molar-refractivity contribution in [2.75, 3.05) is 51.3 Å². The number of ether oxygens (including phenoxy) is 2. The summed E-state index contributed by atoms with van der Waals surface area (Å²) in [6.07, 6.45) is 0.989. The highest BCUT2D eigenvalue weighted by molar-refractivity contribution is 5.55. The Bertz CT molecular complexity index is 951. The third-order valence-corrected chi connectivity index (χ3v) is 5.29. The monoisotopic (exact) mass is 408 g/mol. The fraction of sp³-hybridized carbons (Fsp3) is 0.391. The van der Waals surface area contributed by atoms with E-state index in [4.69, 9.17) is 13.9 Å². The van der Waals surface area contributed by atoms with Crippen LogP contribution >= 0.6 is 0 Å². The molecular formula is C23H28N4O3. The number of hydrogen-bond donors (Lipinski definition) is 0. The van der Waals surface area contributed by atoms with Gasteiger partial charge in [-0.1, -0.05) is 12.1 Å². The van der Waals surface area contributed by atoms with E-state index in [0.29, 0.717) is 18.4 Å². The number of aromatic nitrogens is 2. The molecule has 1 aliphatic heterocycles. The van der Waals surface area contributed by atoms with Crippen molar-refractivity contribution < 1.29 is 13.9 Å². The topological polar surface area (TPSA) is 63.9 Å². The molecule has 0 radical (unpaired) electrons. The third-order valence-electron chi connectivity index (χ3n) is 5.29. The van der Waals surface area contributed by atoms with Crippen LogP contribution in [-0.4, -0.2) is 61.5 Å². The molecule has 7 nitrogen and oxygen atoms in total. The lowest BCUT2D eigenvalue weighted by Crippen LogP contribution is -2.46. The minimum absolute atomic E-state index is 0.520. The van der Waals surface area contributed by atoms with Crippen molar-refractivity contribution in [1.82, 2.24) is 15.1 Å². The van der Waals surface area contributed by atoms with E-state index < -0.39 is 0 Å². The highest BCUT2D eigenvalue weighted by Crippen LogP contribution is 2.23. The summed E-state index contributed by atoms with van der Waals surface area (Å²) in [4.78, 5) is 4.91. The van der Waals surface area contributed by atoms with Gasteiger partial charge in [0.2, 0.25) is 11.8 Å². The SMILES string of the molecule is COc1cccc(N2CCN(CCCOc3cccc(-c4nnc(C)o4)c3)CC2)c1. The van der Waals surface area contributed by atoms with E-state index in [9.17, 15) is 0 Å². The second-order valence-corrected chi connectivity index (χ2v) is 7.39. The Morgan fingerprint density at radius 1 is 0.967 bits per heavy atom. The van der Waals surface area contributed by atoms with Crippen LogP contribution in [0.2, 0.25) is 0 Å². The van der Waals surface area contributed by atoms with Crippen LogP contribution in [-0.2, 0) is 0 Å². The zero-order valence-electron chi connectivity index (χ0n) is 17.6. The summed E-state index contributed by atoms with van der Waals surface area (Å²) in [5.41, 5.74) is 2.11. The number of piperazine rings is 1. The Kier molecular flexibility index (Phi) is 6.49. The van der Waals surface area contributed by atoms with Gasteiger partial charge in [0.1, 0.15) is 11.5 Å². The van der Waals surface area contributed by atoms with Gasteiger partial charge in [0, 0.05) is 57.0 Å². The maximum atomic E-state index is 5.94. The number of anilines is 1. The number of nitrogens with zero attached hydrogens (tertiary/aromatic N) is 4. The zero-order valence-corrected chi connectivity index (χ0v) is 17.6. The van der Waals surface area contributed by atoms with E-state index in [1.54, 1.807) is 14.0 Å². The standard InChI is InChI=1S/C23H28N4O3/c1-18-24-25-23(30-18)19-6-3-9-22(16-19)29-15-5-10-26-11-13-27(14-12-26)20-7-4-8-21(17-20)28-2/h3-4,6-9,16-17H,5,10-15H2,1-2H3. The Morgan fingerprint density at radius 2 is 1.77 bits per heavy atom. The second-order valence-electron chi connectivity index (χ2n) is 7.39. The van der Waals surface area contributed by atoms with Crippen LogP contribution < -0.4 is 14.4 Å². The maximum absolute atomic E-state index is 5.94. The first-order chi connectivity index (χ1) is 14.7. The molecule has 4 rings (SSSR count). The van der Waals surface area contributed by atoms with Crippen LogP contribution in [0.25, 0.3) is 11.5 Å². The van der Waals surface area contributed by atoms with Crippen molar-refractivity contribution in [3.05, 3.63) is 54.4 Å². The summed E-state index contributed by atoms with van der Waals surface area (Å²) in [5, 5.41) is 7.94. The number of methoxy groups -OCH3 is 1. The van der Waals surface area contributed by atoms with E-state index in [2.05, 4.69) is 32.1 Å². The zero-order chi connectivity index (χ0) is 20.8. The first-order valence-electron chi connectivity index (χ1n) is 10.4. The lowest BCUT2D eigenvalue weighted by molar-refractivity contribution is 0.224. The summed E-state index contributed by atoms with van der Waals surface area (Å²) in [7, 11) is 1.71. The number of rotatable bonds is 8. The number of benzene rings is 2. The first kappa shape index (κ1) is 20.2. The molecule has 0 amide bonds. The van der Waals surface area contributed by atoms with Crippen molar-refractivity contribution in [2.24, 2.45) is 0 Å². The van der Waals surface area contributed by atoms with Gasteiger partial charge < -0.3 is 18.8 Å². The van der Waals surface area contributed by atoms with Crippen LogP contribution in [0.15, 0.2) is 52.9 Å². The van der Waals surface area contributed by atoms with Crippen LogP contribution in [0.1, 0.15) is 12.3 Å². The Hall–Kier alpha value is -3.06. The van der Waals surface area contributed by atoms with Gasteiger partial charge in [0.15, 0.2) is 0 Å². The molecule has 0 unspecified atom stereocenters. The van der Waals surface area contributed by atoms with Crippen molar-refractivity contribution in [1.29, 1.82) is 0 Å². The van der Waals surface area contributed by atoms with Crippen molar-refractivity contribution in [3.8, 4) is 23.0 Å². The first-order valence-corrected chi connectivity index (χ1v) is 10.4. The molecule has 0 N–H and O–H groups in total. The molecule has 0 bridgehead atoms. The van der Waals surface area contributed by atoms with Gasteiger partial charge in [-0.3, -0.25) is 4.90 Å². The third kappa shape index (κ3) is 5.10. The second kappa shape index (κ2) is 9.63. The quantitative estimate of drug-likeness (QED) is 0.527. The Morgan fingerprint density at radius 3 is 2.53 bits per heavy atom. The minimum atomic E-state index is 0.520. The molecule has 1 aromatic heterocycles. The van der Waals surface area contributed by atoms with Gasteiger partial charge in [-0.15, -0.1) is 10.2 Å². The molecule has 1 fully saturated rings. The fourth-order valence-corrected chi connectivity index (χ4v) is 3.65. The van der Waals surface area contributed by atoms with E-state index in [1.807, 2.05) is 36.4 Å². The van der Waals surface area contributed by atoms with Gasteiger partial charge in [0.05, 0.1) is 13.7 Å². The predicted molar refractivity (Wildman–Crippen MR) is 116 cm³/mol. The Labute approximate surface area is 177 Å². The minimum Gasteiger partial charge on any atom is -0.497 e. The lowest BCUT2D eigenvalue weighted by Gasteiger charge is -2.36. The highest BCUT2D eigenvalue weighted by Gasteiger charge is 2.17. The van der Waals surface area contributed by atoms with Crippen molar-refractivity contribution in [3.63, 3.8) is 0 Å². The molecule has 158 valence electrons. The highest BCUT2D eigenvalue weighted by atomic mass is 16.5. The number of aryl methyl sites for hydroxylation is 1. The molecule has 2 heterocycles. The summed E-state index contributed by atoms with van der Waals surface area (Å²) in [6.45, 7) is 7.68. The average molecular weight is 409 g/mol. The molecule has 0 spiro atoms. The van der Waals surface area contributed by atoms with Gasteiger partial charge in [-0.2, -0.15) is 0 Å². The molecule has 2 aromatic carbocycles. The molecule has 7 heteroatoms. The lowest BCUT2D eigenvalue weighted by atomic mass is 10.2. The van der Waals surface area contributed by atoms with Crippen LogP contribution in [0.5, 0.6) is 11.5 Å². The van der Waals surface area contributed by atoms with E-state index in [0.717, 1.165) is 56.2 Å². The van der Waals surface area contributed by atoms with Crippen LogP contribution in [0.4, 0.5) is 5.69 Å². The fourth-order valence-electron chi connectivity index (χ4n) is 3.65. The molecule has 0 saturated carbocycles. The molecule has 30 heavy (non-hydrogen) atoms. The van der Waals surface area contributed by atoms with Gasteiger partial charge >= 0.3 is 0 Å². The molecule has 1 aliphatic rings. The Balaban J connectivity index is 1.20. The van der Waals surface area contributed by atoms with Crippen molar-refractivity contribution >= 4 is 5.69 Å². The molecule has 3 aromatic rings. The van der Waals surface area contributed by atoms with Gasteiger partial charge in [-0.05, 0) is 36.8 Å². The predicted octanol–water partition coefficient (Wildman–Crippen LogP) is 3.64. The van der Waals surface area contributed by atoms with E-state index >= 15 is 0 Å². The molecular weight excluding hydrogens is 380 g/mol. The summed E-state index contributed by atoms with van der Waals surface area (Å²) in [6, 6.07) is 16.1. The van der Waals surface area contributed by atoms with Gasteiger partial charge in [-0.25, -0.2) is 0 Å². The summed E-state index contributed by atoms with van der Waals surface area (Å²) in [5.74, 6) is 2.81. The van der Waals surface area contributed by atoms with Gasteiger partial charge in [0.25, 0.3) is 0 Å². The smallest absolute Gasteiger partial charge is 0.247 e. The molecule has 0 aliphatic carbocycles. The molecule has 1 saturated heterocycles. The van der Waals surface area contributed by atoms with Crippen LogP contribution in [0, 0.1) is 6.92 Å². The van der Waals surface area contributed by atoms with Crippen LogP contribution in [0.3, 0.4) is 0 Å².